The Labute approximate surface area is 105 Å². The molecule has 0 saturated heterocycles. The van der Waals surface area contributed by atoms with Crippen LogP contribution in [0.1, 0.15) is 21.5 Å². The number of amides is 1. The van der Waals surface area contributed by atoms with Crippen LogP contribution in [-0.2, 0) is 17.9 Å². The summed E-state index contributed by atoms with van der Waals surface area (Å²) in [5, 5.41) is 9.19. The van der Waals surface area contributed by atoms with Crippen molar-refractivity contribution < 1.29 is 9.53 Å². The lowest BCUT2D eigenvalue weighted by molar-refractivity contribution is 0.0950. The molecule has 0 saturated carbocycles. The summed E-state index contributed by atoms with van der Waals surface area (Å²) in [5.41, 5.74) is 2.66. The highest BCUT2D eigenvalue weighted by molar-refractivity contribution is 5.93. The minimum absolute atomic E-state index is 0.143. The van der Waals surface area contributed by atoms with E-state index in [1.165, 1.54) is 6.20 Å². The molecule has 2 aromatic rings. The summed E-state index contributed by atoms with van der Waals surface area (Å²) in [5.74, 6) is -0.143. The smallest absolute Gasteiger partial charge is 0.254 e. The third-order valence-electron chi connectivity index (χ3n) is 2.62. The molecule has 0 radical (unpaired) electrons. The number of aromatic amines is 1. The number of methoxy groups -OCH3 is 1. The molecular weight excluding hydrogens is 230 g/mol. The van der Waals surface area contributed by atoms with Gasteiger partial charge in [-0.05, 0) is 11.1 Å². The molecule has 0 spiro atoms. The van der Waals surface area contributed by atoms with E-state index in [0.717, 1.165) is 11.1 Å². The van der Waals surface area contributed by atoms with Gasteiger partial charge in [0.1, 0.15) is 0 Å². The lowest BCUT2D eigenvalue weighted by Crippen LogP contribution is -2.23. The van der Waals surface area contributed by atoms with Crippen LogP contribution in [0.5, 0.6) is 0 Å². The van der Waals surface area contributed by atoms with Crippen molar-refractivity contribution in [3.8, 4) is 0 Å². The third kappa shape index (κ3) is 2.95. The number of carbonyl (C=O) groups excluding carboxylic acids is 1. The Morgan fingerprint density at radius 3 is 2.83 bits per heavy atom. The number of hydrogen-bond donors (Lipinski definition) is 2. The Hall–Kier alpha value is -2.14. The number of ether oxygens (including phenoxy) is 1. The summed E-state index contributed by atoms with van der Waals surface area (Å²) in [6, 6.07) is 7.86. The highest BCUT2D eigenvalue weighted by Gasteiger charge is 2.07. The number of nitrogens with one attached hydrogen (secondary N) is 2. The molecule has 1 aromatic carbocycles. The van der Waals surface area contributed by atoms with Crippen molar-refractivity contribution in [2.45, 2.75) is 13.2 Å². The number of nitrogens with zero attached hydrogens (tertiary/aromatic N) is 1. The number of hydrogen-bond acceptors (Lipinski definition) is 3. The van der Waals surface area contributed by atoms with Crippen LogP contribution in [0.4, 0.5) is 0 Å². The zero-order valence-corrected chi connectivity index (χ0v) is 10.1. The lowest BCUT2D eigenvalue weighted by Gasteiger charge is -2.09. The van der Waals surface area contributed by atoms with Crippen molar-refractivity contribution in [2.75, 3.05) is 7.11 Å². The quantitative estimate of drug-likeness (QED) is 0.838. The van der Waals surface area contributed by atoms with Crippen LogP contribution in [0.3, 0.4) is 0 Å². The highest BCUT2D eigenvalue weighted by Crippen LogP contribution is 2.09. The van der Waals surface area contributed by atoms with Gasteiger partial charge in [0.25, 0.3) is 5.91 Å². The van der Waals surface area contributed by atoms with Gasteiger partial charge in [-0.2, -0.15) is 5.10 Å². The maximum absolute atomic E-state index is 11.7. The van der Waals surface area contributed by atoms with Crippen LogP contribution in [0.25, 0.3) is 0 Å². The molecule has 5 heteroatoms. The van der Waals surface area contributed by atoms with Crippen LogP contribution < -0.4 is 5.32 Å². The summed E-state index contributed by atoms with van der Waals surface area (Å²) in [4.78, 5) is 11.7. The molecule has 1 amide bonds. The van der Waals surface area contributed by atoms with Gasteiger partial charge in [-0.25, -0.2) is 0 Å². The average Bonchev–Trinajstić information content (AvgIpc) is 2.92. The second-order valence-electron chi connectivity index (χ2n) is 3.87. The van der Waals surface area contributed by atoms with Gasteiger partial charge in [0.2, 0.25) is 0 Å². The first-order chi connectivity index (χ1) is 8.81. The van der Waals surface area contributed by atoms with Crippen molar-refractivity contribution in [3.63, 3.8) is 0 Å². The van der Waals surface area contributed by atoms with E-state index in [1.54, 1.807) is 13.3 Å². The Morgan fingerprint density at radius 1 is 1.39 bits per heavy atom. The van der Waals surface area contributed by atoms with Gasteiger partial charge < -0.3 is 10.1 Å². The first kappa shape index (κ1) is 12.3. The Balaban J connectivity index is 2.00. The Bertz CT molecular complexity index is 509. The molecule has 0 fully saturated rings. The zero-order chi connectivity index (χ0) is 12.8. The van der Waals surface area contributed by atoms with Crippen LogP contribution in [0, 0.1) is 0 Å². The fraction of sp³-hybridized carbons (Fsp3) is 0.231. The molecule has 1 heterocycles. The van der Waals surface area contributed by atoms with Gasteiger partial charge >= 0.3 is 0 Å². The molecule has 0 aliphatic heterocycles. The predicted molar refractivity (Wildman–Crippen MR) is 66.9 cm³/mol. The number of aromatic nitrogens is 2. The molecule has 0 aliphatic rings. The standard InChI is InChI=1S/C13H15N3O2/c1-18-9-11-5-3-2-4-10(11)6-14-13(17)12-7-15-16-8-12/h2-5,7-8H,6,9H2,1H3,(H,14,17)(H,15,16). The topological polar surface area (TPSA) is 67.0 Å². The van der Waals surface area contributed by atoms with E-state index in [1.807, 2.05) is 24.3 Å². The molecule has 1 aromatic heterocycles. The fourth-order valence-electron chi connectivity index (χ4n) is 1.68. The lowest BCUT2D eigenvalue weighted by atomic mass is 10.1. The van der Waals surface area contributed by atoms with E-state index < -0.39 is 0 Å². The number of benzene rings is 1. The molecule has 18 heavy (non-hydrogen) atoms. The predicted octanol–water partition coefficient (Wildman–Crippen LogP) is 1.49. The maximum Gasteiger partial charge on any atom is 0.254 e. The maximum atomic E-state index is 11.7. The molecule has 2 N–H and O–H groups in total. The molecule has 5 nitrogen and oxygen atoms in total. The van der Waals surface area contributed by atoms with E-state index in [0.29, 0.717) is 18.7 Å². The summed E-state index contributed by atoms with van der Waals surface area (Å²) >= 11 is 0. The Kier molecular flexibility index (Phi) is 4.09. The first-order valence-electron chi connectivity index (χ1n) is 5.64. The molecule has 0 atom stereocenters. The van der Waals surface area contributed by atoms with Gasteiger partial charge in [-0.15, -0.1) is 0 Å². The van der Waals surface area contributed by atoms with Crippen LogP contribution in [0.2, 0.25) is 0 Å². The van der Waals surface area contributed by atoms with Gasteiger partial charge in [0.15, 0.2) is 0 Å². The molecule has 0 aliphatic carbocycles. The van der Waals surface area contributed by atoms with E-state index in [4.69, 9.17) is 4.74 Å². The molecule has 94 valence electrons. The molecular formula is C13H15N3O2. The van der Waals surface area contributed by atoms with Crippen molar-refractivity contribution >= 4 is 5.91 Å². The number of rotatable bonds is 5. The summed E-state index contributed by atoms with van der Waals surface area (Å²) in [7, 11) is 1.65. The zero-order valence-electron chi connectivity index (χ0n) is 10.1. The van der Waals surface area contributed by atoms with Gasteiger partial charge in [0.05, 0.1) is 18.4 Å². The summed E-state index contributed by atoms with van der Waals surface area (Å²) in [6.45, 7) is 1.02. The summed E-state index contributed by atoms with van der Waals surface area (Å²) < 4.78 is 5.12. The average molecular weight is 245 g/mol. The third-order valence-corrected chi connectivity index (χ3v) is 2.62. The number of carbonyl (C=O) groups is 1. The van der Waals surface area contributed by atoms with Crippen LogP contribution in [-0.4, -0.2) is 23.2 Å². The highest BCUT2D eigenvalue weighted by atomic mass is 16.5. The van der Waals surface area contributed by atoms with E-state index in [2.05, 4.69) is 15.5 Å². The van der Waals surface area contributed by atoms with E-state index >= 15 is 0 Å². The second kappa shape index (κ2) is 5.97. The minimum Gasteiger partial charge on any atom is -0.380 e. The molecule has 2 rings (SSSR count). The van der Waals surface area contributed by atoms with E-state index in [9.17, 15) is 4.79 Å². The van der Waals surface area contributed by atoms with Gasteiger partial charge in [-0.3, -0.25) is 9.89 Å². The van der Waals surface area contributed by atoms with Crippen molar-refractivity contribution in [1.82, 2.24) is 15.5 Å². The minimum atomic E-state index is -0.143. The van der Waals surface area contributed by atoms with E-state index in [-0.39, 0.29) is 5.91 Å². The van der Waals surface area contributed by atoms with Crippen LogP contribution >= 0.6 is 0 Å². The SMILES string of the molecule is COCc1ccccc1CNC(=O)c1cn[nH]c1. The molecule has 0 unspecified atom stereocenters. The van der Waals surface area contributed by atoms with Crippen molar-refractivity contribution in [3.05, 3.63) is 53.3 Å². The summed E-state index contributed by atoms with van der Waals surface area (Å²) in [6.07, 6.45) is 3.06. The van der Waals surface area contributed by atoms with Gasteiger partial charge in [0, 0.05) is 19.9 Å². The fourth-order valence-corrected chi connectivity index (χ4v) is 1.68. The second-order valence-corrected chi connectivity index (χ2v) is 3.87. The number of H-pyrrole nitrogens is 1. The largest absolute Gasteiger partial charge is 0.380 e. The monoisotopic (exact) mass is 245 g/mol. The van der Waals surface area contributed by atoms with Crippen LogP contribution in [0.15, 0.2) is 36.7 Å². The molecule has 0 bridgehead atoms. The Morgan fingerprint density at radius 2 is 2.17 bits per heavy atom. The van der Waals surface area contributed by atoms with Crippen molar-refractivity contribution in [2.24, 2.45) is 0 Å². The first-order valence-corrected chi connectivity index (χ1v) is 5.64. The van der Waals surface area contributed by atoms with Crippen molar-refractivity contribution in [1.29, 1.82) is 0 Å². The normalized spacial score (nSPS) is 10.3. The van der Waals surface area contributed by atoms with Gasteiger partial charge in [-0.1, -0.05) is 24.3 Å².